The number of allylic oxidation sites excluding steroid dienone is 1. The Bertz CT molecular complexity index is 1290. The standard InChI is InChI=1S/C26H26Cl2N2O4S/c1-14(9-25(32)33)26-15(2)23(30-16(26)3)10-17(12-31)19-11-18(7-8-22(19)29)35-13-20-21(27)5-4-6-24(20)34-28/h4-8,10-12,14,30H,9,13,29H2,1-3H3,(H,32,33)/b17-10+. The van der Waals surface area contributed by atoms with Crippen molar-refractivity contribution < 1.29 is 19.0 Å². The van der Waals surface area contributed by atoms with Gasteiger partial charge in [0.25, 0.3) is 0 Å². The van der Waals surface area contributed by atoms with Crippen molar-refractivity contribution in [1.29, 1.82) is 0 Å². The van der Waals surface area contributed by atoms with Gasteiger partial charge in [0.15, 0.2) is 12.0 Å². The van der Waals surface area contributed by atoms with Crippen molar-refractivity contribution in [3.63, 3.8) is 0 Å². The number of nitrogens with one attached hydrogen (secondary N) is 1. The SMILES string of the molecule is Cc1[nH]c(/C=C(\C=O)c2cc(SCc3c(Cl)cccc3OCl)ccc2N)c(C)c1C(C)CC(=O)O. The van der Waals surface area contributed by atoms with Crippen LogP contribution in [0, 0.1) is 13.8 Å². The molecular formula is C26H26Cl2N2O4S. The van der Waals surface area contributed by atoms with Gasteiger partial charge >= 0.3 is 5.97 Å². The van der Waals surface area contributed by atoms with Crippen LogP contribution in [0.3, 0.4) is 0 Å². The summed E-state index contributed by atoms with van der Waals surface area (Å²) in [7, 11) is 0. The van der Waals surface area contributed by atoms with Crippen molar-refractivity contribution in [1.82, 2.24) is 4.98 Å². The molecule has 4 N–H and O–H groups in total. The maximum atomic E-state index is 12.1. The molecule has 6 nitrogen and oxygen atoms in total. The van der Waals surface area contributed by atoms with Gasteiger partial charge in [-0.3, -0.25) is 9.59 Å². The van der Waals surface area contributed by atoms with E-state index in [1.807, 2.05) is 32.9 Å². The molecule has 1 atom stereocenters. The predicted molar refractivity (Wildman–Crippen MR) is 143 cm³/mol. The molecule has 9 heteroatoms. The third-order valence-electron chi connectivity index (χ3n) is 5.81. The van der Waals surface area contributed by atoms with Crippen LogP contribution >= 0.6 is 35.2 Å². The molecular weight excluding hydrogens is 507 g/mol. The van der Waals surface area contributed by atoms with E-state index in [9.17, 15) is 14.7 Å². The fraction of sp³-hybridized carbons (Fsp3) is 0.231. The predicted octanol–water partition coefficient (Wildman–Crippen LogP) is 7.01. The Morgan fingerprint density at radius 1 is 1.29 bits per heavy atom. The fourth-order valence-corrected chi connectivity index (χ4v) is 5.58. The summed E-state index contributed by atoms with van der Waals surface area (Å²) < 4.78 is 4.90. The summed E-state index contributed by atoms with van der Waals surface area (Å²) in [6.07, 6.45) is 2.54. The Balaban J connectivity index is 1.93. The van der Waals surface area contributed by atoms with Gasteiger partial charge in [-0.05, 0) is 67.3 Å². The number of nitrogen functional groups attached to an aromatic ring is 1. The first kappa shape index (κ1) is 26.7. The summed E-state index contributed by atoms with van der Waals surface area (Å²) >= 11 is 13.4. The Kier molecular flexibility index (Phi) is 8.94. The van der Waals surface area contributed by atoms with Gasteiger partial charge in [-0.2, -0.15) is 0 Å². The fourth-order valence-electron chi connectivity index (χ4n) is 4.15. The Labute approximate surface area is 218 Å². The average molecular weight is 533 g/mol. The van der Waals surface area contributed by atoms with Crippen molar-refractivity contribution in [2.24, 2.45) is 0 Å². The van der Waals surface area contributed by atoms with Crippen LogP contribution in [0.4, 0.5) is 5.69 Å². The van der Waals surface area contributed by atoms with Gasteiger partial charge in [0.2, 0.25) is 0 Å². The van der Waals surface area contributed by atoms with Gasteiger partial charge in [-0.25, -0.2) is 0 Å². The molecule has 0 radical (unpaired) electrons. The van der Waals surface area contributed by atoms with Crippen molar-refractivity contribution in [2.45, 2.75) is 43.8 Å². The maximum absolute atomic E-state index is 12.1. The first-order valence-electron chi connectivity index (χ1n) is 10.8. The van der Waals surface area contributed by atoms with Crippen LogP contribution in [0.1, 0.15) is 52.9 Å². The van der Waals surface area contributed by atoms with Crippen LogP contribution in [0.15, 0.2) is 41.3 Å². The smallest absolute Gasteiger partial charge is 0.303 e. The van der Waals surface area contributed by atoms with Gasteiger partial charge in [0, 0.05) is 49.4 Å². The lowest BCUT2D eigenvalue weighted by Crippen LogP contribution is -2.04. The van der Waals surface area contributed by atoms with E-state index in [0.29, 0.717) is 33.3 Å². The summed E-state index contributed by atoms with van der Waals surface area (Å²) in [5.74, 6) is -0.0273. The largest absolute Gasteiger partial charge is 0.481 e. The van der Waals surface area contributed by atoms with Crippen LogP contribution in [0.25, 0.3) is 11.6 Å². The molecule has 184 valence electrons. The summed E-state index contributed by atoms with van der Waals surface area (Å²) in [5, 5.41) is 9.72. The first-order valence-corrected chi connectivity index (χ1v) is 12.5. The quantitative estimate of drug-likeness (QED) is 0.112. The van der Waals surface area contributed by atoms with E-state index < -0.39 is 5.97 Å². The lowest BCUT2D eigenvalue weighted by atomic mass is 9.93. The number of halogens is 2. The first-order chi connectivity index (χ1) is 16.7. The number of aliphatic carboxylic acids is 1. The van der Waals surface area contributed by atoms with Crippen molar-refractivity contribution in [3.05, 3.63) is 75.1 Å². The minimum atomic E-state index is -0.855. The minimum absolute atomic E-state index is 0.0251. The number of aromatic amines is 1. The lowest BCUT2D eigenvalue weighted by Gasteiger charge is -2.11. The molecule has 1 aromatic heterocycles. The molecule has 35 heavy (non-hydrogen) atoms. The normalized spacial score (nSPS) is 12.4. The highest BCUT2D eigenvalue weighted by Gasteiger charge is 2.19. The zero-order valence-corrected chi connectivity index (χ0v) is 21.9. The number of aryl methyl sites for hydroxylation is 1. The van der Waals surface area contributed by atoms with Gasteiger partial charge in [0.1, 0.15) is 11.9 Å². The van der Waals surface area contributed by atoms with E-state index in [1.54, 1.807) is 30.3 Å². The Hall–Kier alpha value is -2.87. The van der Waals surface area contributed by atoms with E-state index in [4.69, 9.17) is 33.5 Å². The zero-order chi connectivity index (χ0) is 25.7. The topological polar surface area (TPSA) is 105 Å². The molecule has 0 aliphatic carbocycles. The molecule has 0 saturated carbocycles. The van der Waals surface area contributed by atoms with Crippen LogP contribution < -0.4 is 10.0 Å². The molecule has 0 bridgehead atoms. The van der Waals surface area contributed by atoms with Gasteiger partial charge in [0.05, 0.1) is 6.42 Å². The average Bonchev–Trinajstić information content (AvgIpc) is 3.09. The summed E-state index contributed by atoms with van der Waals surface area (Å²) in [6, 6.07) is 10.8. The van der Waals surface area contributed by atoms with Crippen LogP contribution in [0.2, 0.25) is 5.02 Å². The number of aldehydes is 1. The molecule has 1 heterocycles. The highest BCUT2D eigenvalue weighted by molar-refractivity contribution is 7.98. The number of carbonyl (C=O) groups excluding carboxylic acids is 1. The molecule has 1 unspecified atom stereocenters. The summed E-state index contributed by atoms with van der Waals surface area (Å²) in [4.78, 5) is 27.4. The highest BCUT2D eigenvalue weighted by atomic mass is 35.5. The van der Waals surface area contributed by atoms with Crippen molar-refractivity contribution in [3.8, 4) is 5.75 Å². The second kappa shape index (κ2) is 11.7. The number of carboxylic acids is 1. The van der Waals surface area contributed by atoms with Gasteiger partial charge in [-0.1, -0.05) is 24.6 Å². The molecule has 0 saturated heterocycles. The number of anilines is 1. The minimum Gasteiger partial charge on any atom is -0.481 e. The van der Waals surface area contributed by atoms with E-state index in [2.05, 4.69) is 4.98 Å². The number of H-pyrrole nitrogens is 1. The number of carboxylic acid groups (broad SMARTS) is 1. The van der Waals surface area contributed by atoms with Crippen molar-refractivity contribution in [2.75, 3.05) is 5.73 Å². The third-order valence-corrected chi connectivity index (χ3v) is 7.35. The number of thioether (sulfide) groups is 1. The molecule has 2 aromatic carbocycles. The lowest BCUT2D eigenvalue weighted by molar-refractivity contribution is -0.137. The number of hydrogen-bond donors (Lipinski definition) is 3. The third kappa shape index (κ3) is 6.23. The van der Waals surface area contributed by atoms with Gasteiger partial charge < -0.3 is 20.1 Å². The van der Waals surface area contributed by atoms with E-state index >= 15 is 0 Å². The second-order valence-electron chi connectivity index (χ2n) is 8.25. The number of rotatable bonds is 10. The molecule has 0 spiro atoms. The number of carbonyl (C=O) groups is 2. The Morgan fingerprint density at radius 2 is 2.03 bits per heavy atom. The molecule has 0 fully saturated rings. The summed E-state index contributed by atoms with van der Waals surface area (Å²) in [6.45, 7) is 5.70. The highest BCUT2D eigenvalue weighted by Crippen LogP contribution is 2.36. The molecule has 0 aliphatic heterocycles. The molecule has 0 amide bonds. The van der Waals surface area contributed by atoms with Crippen LogP contribution in [-0.2, 0) is 15.3 Å². The van der Waals surface area contributed by atoms with Crippen molar-refractivity contribution >= 4 is 64.8 Å². The second-order valence-corrected chi connectivity index (χ2v) is 9.86. The number of aromatic nitrogens is 1. The monoisotopic (exact) mass is 532 g/mol. The van der Waals surface area contributed by atoms with Gasteiger partial charge in [-0.15, -0.1) is 11.8 Å². The molecule has 3 aromatic rings. The van der Waals surface area contributed by atoms with E-state index in [-0.39, 0.29) is 12.3 Å². The number of nitrogens with two attached hydrogens (primary N) is 1. The van der Waals surface area contributed by atoms with Crippen LogP contribution in [0.5, 0.6) is 5.75 Å². The zero-order valence-electron chi connectivity index (χ0n) is 19.5. The van der Waals surface area contributed by atoms with Crippen LogP contribution in [-0.4, -0.2) is 22.3 Å². The van der Waals surface area contributed by atoms with E-state index in [0.717, 1.165) is 39.3 Å². The number of benzene rings is 2. The number of hydrogen-bond acceptors (Lipinski definition) is 5. The molecule has 0 aliphatic rings. The Morgan fingerprint density at radius 3 is 2.69 bits per heavy atom. The summed E-state index contributed by atoms with van der Waals surface area (Å²) in [5.41, 5.74) is 11.9. The maximum Gasteiger partial charge on any atom is 0.303 e. The molecule has 3 rings (SSSR count). The van der Waals surface area contributed by atoms with E-state index in [1.165, 1.54) is 11.8 Å².